The van der Waals surface area contributed by atoms with E-state index in [1.54, 1.807) is 4.90 Å². The summed E-state index contributed by atoms with van der Waals surface area (Å²) in [4.78, 5) is 1.79. The van der Waals surface area contributed by atoms with E-state index in [1.807, 2.05) is 32.4 Å². The smallest absolute Gasteiger partial charge is 0.264 e. The SMILES string of the molecule is CC(C)c1ccc(-c2c(OC(=S)N(C)C)ccc3cnsc23)cc1. The van der Waals surface area contributed by atoms with Crippen LogP contribution in [0.4, 0.5) is 0 Å². The Bertz CT molecular complexity index is 867. The highest BCUT2D eigenvalue weighted by atomic mass is 32.1. The summed E-state index contributed by atoms with van der Waals surface area (Å²) in [5.74, 6) is 1.28. The Morgan fingerprint density at radius 3 is 2.46 bits per heavy atom. The molecule has 5 heteroatoms. The molecule has 0 saturated heterocycles. The average molecular weight is 357 g/mol. The van der Waals surface area contributed by atoms with Gasteiger partial charge in [0.25, 0.3) is 5.17 Å². The number of rotatable bonds is 3. The fourth-order valence-corrected chi connectivity index (χ4v) is 3.39. The maximum Gasteiger partial charge on any atom is 0.264 e. The standard InChI is InChI=1S/C19H20N2OS2/c1-12(2)13-5-7-14(8-6-13)17-16(22-19(23)21(3)4)10-9-15-11-20-24-18(15)17/h5-12H,1-4H3. The first-order chi connectivity index (χ1) is 11.5. The fourth-order valence-electron chi connectivity index (χ4n) is 2.50. The van der Waals surface area contributed by atoms with E-state index in [9.17, 15) is 0 Å². The van der Waals surface area contributed by atoms with Crippen LogP contribution in [0.15, 0.2) is 42.6 Å². The minimum absolute atomic E-state index is 0.443. The van der Waals surface area contributed by atoms with Crippen LogP contribution in [0.25, 0.3) is 21.2 Å². The molecule has 0 saturated carbocycles. The number of hydrogen-bond donors (Lipinski definition) is 0. The Kier molecular flexibility index (Phi) is 4.83. The van der Waals surface area contributed by atoms with Crippen molar-refractivity contribution in [2.24, 2.45) is 0 Å². The molecule has 0 unspecified atom stereocenters. The van der Waals surface area contributed by atoms with Gasteiger partial charge < -0.3 is 9.64 Å². The highest BCUT2D eigenvalue weighted by molar-refractivity contribution is 7.80. The van der Waals surface area contributed by atoms with Gasteiger partial charge in [0.1, 0.15) is 5.75 Å². The van der Waals surface area contributed by atoms with Crippen LogP contribution in [0.3, 0.4) is 0 Å². The van der Waals surface area contributed by atoms with Gasteiger partial charge in [-0.3, -0.25) is 0 Å². The van der Waals surface area contributed by atoms with Crippen LogP contribution in [0, 0.1) is 0 Å². The summed E-state index contributed by atoms with van der Waals surface area (Å²) in [6.45, 7) is 4.39. The predicted molar refractivity (Wildman–Crippen MR) is 106 cm³/mol. The number of thiocarbonyl (C=S) groups is 1. The second-order valence-electron chi connectivity index (χ2n) is 6.22. The summed E-state index contributed by atoms with van der Waals surface area (Å²) < 4.78 is 11.4. The molecule has 0 N–H and O–H groups in total. The Hall–Kier alpha value is -1.98. The molecule has 2 aromatic carbocycles. The molecule has 0 aliphatic heterocycles. The summed E-state index contributed by atoms with van der Waals surface area (Å²) in [5.41, 5.74) is 3.49. The lowest BCUT2D eigenvalue weighted by Gasteiger charge is -2.17. The maximum atomic E-state index is 5.95. The molecule has 0 aliphatic rings. The Morgan fingerprint density at radius 1 is 1.12 bits per heavy atom. The van der Waals surface area contributed by atoms with Gasteiger partial charge >= 0.3 is 0 Å². The molecule has 1 heterocycles. The van der Waals surface area contributed by atoms with Crippen LogP contribution >= 0.6 is 23.8 Å². The van der Waals surface area contributed by atoms with E-state index in [1.165, 1.54) is 17.1 Å². The average Bonchev–Trinajstić information content (AvgIpc) is 3.03. The van der Waals surface area contributed by atoms with Crippen LogP contribution in [0.5, 0.6) is 5.75 Å². The fraction of sp³-hybridized carbons (Fsp3) is 0.263. The van der Waals surface area contributed by atoms with Crippen molar-refractivity contribution in [3.05, 3.63) is 48.2 Å². The Balaban J connectivity index is 2.12. The van der Waals surface area contributed by atoms with E-state index in [0.717, 1.165) is 27.0 Å². The van der Waals surface area contributed by atoms with Gasteiger partial charge in [0, 0.05) is 31.2 Å². The molecule has 3 nitrogen and oxygen atoms in total. The van der Waals surface area contributed by atoms with Crippen molar-refractivity contribution in [1.82, 2.24) is 9.27 Å². The molecule has 0 fully saturated rings. The zero-order chi connectivity index (χ0) is 17.3. The van der Waals surface area contributed by atoms with Gasteiger partial charge in [-0.15, -0.1) is 0 Å². The summed E-state index contributed by atoms with van der Waals surface area (Å²) in [5, 5.41) is 1.56. The zero-order valence-corrected chi connectivity index (χ0v) is 15.9. The summed E-state index contributed by atoms with van der Waals surface area (Å²) in [7, 11) is 3.76. The van der Waals surface area contributed by atoms with E-state index in [2.05, 4.69) is 42.5 Å². The van der Waals surface area contributed by atoms with E-state index in [4.69, 9.17) is 17.0 Å². The van der Waals surface area contributed by atoms with Gasteiger partial charge in [0.2, 0.25) is 0 Å². The third-order valence-electron chi connectivity index (χ3n) is 3.91. The largest absolute Gasteiger partial charge is 0.431 e. The second-order valence-corrected chi connectivity index (χ2v) is 7.37. The second kappa shape index (κ2) is 6.87. The van der Waals surface area contributed by atoms with Crippen molar-refractivity contribution in [3.8, 4) is 16.9 Å². The molecule has 3 rings (SSSR count). The van der Waals surface area contributed by atoms with Crippen molar-refractivity contribution < 1.29 is 4.74 Å². The van der Waals surface area contributed by atoms with Crippen molar-refractivity contribution in [3.63, 3.8) is 0 Å². The first-order valence-electron chi connectivity index (χ1n) is 7.84. The predicted octanol–water partition coefficient (Wildman–Crippen LogP) is 5.31. The highest BCUT2D eigenvalue weighted by Crippen LogP contribution is 2.39. The summed E-state index contributed by atoms with van der Waals surface area (Å²) in [6, 6.07) is 12.6. The van der Waals surface area contributed by atoms with Crippen LogP contribution in [-0.2, 0) is 0 Å². The lowest BCUT2D eigenvalue weighted by atomic mass is 9.98. The molecule has 3 aromatic rings. The molecule has 0 spiro atoms. The summed E-state index contributed by atoms with van der Waals surface area (Å²) in [6.07, 6.45) is 1.89. The maximum absolute atomic E-state index is 5.95. The van der Waals surface area contributed by atoms with Crippen molar-refractivity contribution in [2.75, 3.05) is 14.1 Å². The molecule has 1 aromatic heterocycles. The molecule has 0 aliphatic carbocycles. The van der Waals surface area contributed by atoms with Gasteiger partial charge in [-0.05, 0) is 52.9 Å². The Morgan fingerprint density at radius 2 is 1.83 bits per heavy atom. The van der Waals surface area contributed by atoms with Gasteiger partial charge in [-0.25, -0.2) is 0 Å². The van der Waals surface area contributed by atoms with Gasteiger partial charge in [-0.2, -0.15) is 4.37 Å². The normalized spacial score (nSPS) is 11.0. The first kappa shape index (κ1) is 16.9. The number of ether oxygens (including phenoxy) is 1. The van der Waals surface area contributed by atoms with Crippen LogP contribution in [0.2, 0.25) is 0 Å². The molecule has 0 atom stereocenters. The van der Waals surface area contributed by atoms with Crippen LogP contribution in [0.1, 0.15) is 25.3 Å². The van der Waals surface area contributed by atoms with Crippen molar-refractivity contribution >= 4 is 39.0 Å². The minimum atomic E-state index is 0.443. The molecular formula is C19H20N2OS2. The first-order valence-corrected chi connectivity index (χ1v) is 9.02. The van der Waals surface area contributed by atoms with Crippen molar-refractivity contribution in [1.29, 1.82) is 0 Å². The minimum Gasteiger partial charge on any atom is -0.431 e. The van der Waals surface area contributed by atoms with E-state index in [-0.39, 0.29) is 0 Å². The molecule has 124 valence electrons. The number of benzene rings is 2. The van der Waals surface area contributed by atoms with E-state index < -0.39 is 0 Å². The number of hydrogen-bond acceptors (Lipinski definition) is 4. The lowest BCUT2D eigenvalue weighted by molar-refractivity contribution is 0.451. The van der Waals surface area contributed by atoms with Gasteiger partial charge in [0.15, 0.2) is 0 Å². The van der Waals surface area contributed by atoms with Gasteiger partial charge in [0.05, 0.1) is 4.70 Å². The van der Waals surface area contributed by atoms with E-state index in [0.29, 0.717) is 11.1 Å². The van der Waals surface area contributed by atoms with Crippen molar-refractivity contribution in [2.45, 2.75) is 19.8 Å². The monoisotopic (exact) mass is 356 g/mol. The topological polar surface area (TPSA) is 25.4 Å². The third kappa shape index (κ3) is 3.28. The highest BCUT2D eigenvalue weighted by Gasteiger charge is 2.15. The zero-order valence-electron chi connectivity index (χ0n) is 14.2. The molecule has 0 bridgehead atoms. The Labute approximate surface area is 152 Å². The molecular weight excluding hydrogens is 336 g/mol. The summed E-state index contributed by atoms with van der Waals surface area (Å²) >= 11 is 6.80. The third-order valence-corrected chi connectivity index (χ3v) is 5.20. The number of fused-ring (bicyclic) bond motifs is 1. The quantitative estimate of drug-likeness (QED) is 0.594. The molecule has 0 radical (unpaired) electrons. The number of nitrogens with zero attached hydrogens (tertiary/aromatic N) is 2. The van der Waals surface area contributed by atoms with E-state index >= 15 is 0 Å². The number of aromatic nitrogens is 1. The molecule has 0 amide bonds. The molecule has 24 heavy (non-hydrogen) atoms. The van der Waals surface area contributed by atoms with Crippen LogP contribution in [-0.4, -0.2) is 28.5 Å². The van der Waals surface area contributed by atoms with Crippen LogP contribution < -0.4 is 4.74 Å². The lowest BCUT2D eigenvalue weighted by Crippen LogP contribution is -2.25. The van der Waals surface area contributed by atoms with Gasteiger partial charge in [-0.1, -0.05) is 38.1 Å².